The number of ether oxygens (including phenoxy) is 1. The van der Waals surface area contributed by atoms with Gasteiger partial charge in [0.15, 0.2) is 0 Å². The molecule has 2 rings (SSSR count). The van der Waals surface area contributed by atoms with Gasteiger partial charge in [-0.15, -0.1) is 0 Å². The van der Waals surface area contributed by atoms with Crippen LogP contribution in [-0.2, 0) is 11.2 Å². The molecular weight excluding hydrogens is 273 g/mol. The van der Waals surface area contributed by atoms with Crippen molar-refractivity contribution < 1.29 is 9.13 Å². The van der Waals surface area contributed by atoms with E-state index in [0.29, 0.717) is 13.2 Å². The Kier molecular flexibility index (Phi) is 3.82. The number of hydrogen-bond acceptors (Lipinski definition) is 2. The molecule has 2 nitrogen and oxygen atoms in total. The van der Waals surface area contributed by atoms with Crippen LogP contribution in [0.2, 0.25) is 0 Å². The summed E-state index contributed by atoms with van der Waals surface area (Å²) in [5.74, 6) is -0.145. The van der Waals surface area contributed by atoms with E-state index in [0.717, 1.165) is 35.2 Å². The molecule has 16 heavy (non-hydrogen) atoms. The first-order chi connectivity index (χ1) is 7.72. The van der Waals surface area contributed by atoms with Crippen molar-refractivity contribution in [3.05, 3.63) is 28.0 Å². The van der Waals surface area contributed by atoms with E-state index in [2.05, 4.69) is 20.8 Å². The summed E-state index contributed by atoms with van der Waals surface area (Å²) < 4.78 is 20.1. The molecule has 0 amide bonds. The van der Waals surface area contributed by atoms with Crippen molar-refractivity contribution in [1.82, 2.24) is 0 Å². The second-order valence-corrected chi connectivity index (χ2v) is 4.76. The van der Waals surface area contributed by atoms with Crippen LogP contribution < -0.4 is 4.90 Å². The largest absolute Gasteiger partial charge is 0.378 e. The quantitative estimate of drug-likeness (QED) is 0.829. The first-order valence-electron chi connectivity index (χ1n) is 5.53. The molecule has 1 saturated heterocycles. The fraction of sp³-hybridized carbons (Fsp3) is 0.500. The topological polar surface area (TPSA) is 12.5 Å². The van der Waals surface area contributed by atoms with Crippen molar-refractivity contribution >= 4 is 21.6 Å². The van der Waals surface area contributed by atoms with Gasteiger partial charge >= 0.3 is 0 Å². The molecule has 1 aromatic carbocycles. The number of hydrogen-bond donors (Lipinski definition) is 0. The van der Waals surface area contributed by atoms with Crippen LogP contribution in [0.1, 0.15) is 12.5 Å². The van der Waals surface area contributed by atoms with Crippen LogP contribution in [0.15, 0.2) is 16.6 Å². The van der Waals surface area contributed by atoms with Gasteiger partial charge in [-0.25, -0.2) is 4.39 Å². The van der Waals surface area contributed by atoms with E-state index >= 15 is 0 Å². The standard InChI is InChI=1S/C12H15BrFNO/c1-2-9-7-10(13)8-11(14)12(9)15-3-5-16-6-4-15/h7-8H,2-6H2,1H3. The monoisotopic (exact) mass is 287 g/mol. The number of nitrogens with zero attached hydrogens (tertiary/aromatic N) is 1. The molecule has 0 saturated carbocycles. The molecule has 0 atom stereocenters. The van der Waals surface area contributed by atoms with Crippen molar-refractivity contribution in [2.45, 2.75) is 13.3 Å². The van der Waals surface area contributed by atoms with Crippen LogP contribution in [-0.4, -0.2) is 26.3 Å². The Labute approximate surface area is 104 Å². The van der Waals surface area contributed by atoms with Crippen LogP contribution >= 0.6 is 15.9 Å². The predicted molar refractivity (Wildman–Crippen MR) is 66.5 cm³/mol. The Hall–Kier alpha value is -0.610. The van der Waals surface area contributed by atoms with Crippen molar-refractivity contribution in [3.63, 3.8) is 0 Å². The lowest BCUT2D eigenvalue weighted by molar-refractivity contribution is 0.122. The molecule has 4 heteroatoms. The summed E-state index contributed by atoms with van der Waals surface area (Å²) in [4.78, 5) is 2.07. The van der Waals surface area contributed by atoms with E-state index in [4.69, 9.17) is 4.74 Å². The maximum Gasteiger partial charge on any atom is 0.147 e. The molecular formula is C12H15BrFNO. The van der Waals surface area contributed by atoms with Crippen LogP contribution in [0.4, 0.5) is 10.1 Å². The minimum Gasteiger partial charge on any atom is -0.378 e. The van der Waals surface area contributed by atoms with Crippen molar-refractivity contribution in [2.75, 3.05) is 31.2 Å². The average Bonchev–Trinajstić information content (AvgIpc) is 2.29. The first-order valence-corrected chi connectivity index (χ1v) is 6.32. The summed E-state index contributed by atoms with van der Waals surface area (Å²) in [6.07, 6.45) is 0.836. The van der Waals surface area contributed by atoms with Crippen LogP contribution in [0, 0.1) is 5.82 Å². The minimum atomic E-state index is -0.145. The van der Waals surface area contributed by atoms with Gasteiger partial charge in [-0.2, -0.15) is 0 Å². The van der Waals surface area contributed by atoms with E-state index in [1.54, 1.807) is 0 Å². The number of morpholine rings is 1. The van der Waals surface area contributed by atoms with Gasteiger partial charge < -0.3 is 9.64 Å². The molecule has 1 aliphatic rings. The number of rotatable bonds is 2. The Morgan fingerprint density at radius 3 is 2.69 bits per heavy atom. The molecule has 88 valence electrons. The van der Waals surface area contributed by atoms with Gasteiger partial charge in [-0.1, -0.05) is 22.9 Å². The highest BCUT2D eigenvalue weighted by atomic mass is 79.9. The van der Waals surface area contributed by atoms with Gasteiger partial charge in [-0.3, -0.25) is 0 Å². The molecule has 1 fully saturated rings. The number of halogens is 2. The third kappa shape index (κ3) is 2.38. The molecule has 1 aliphatic heterocycles. The lowest BCUT2D eigenvalue weighted by Gasteiger charge is -2.31. The van der Waals surface area contributed by atoms with Crippen LogP contribution in [0.5, 0.6) is 0 Å². The Balaban J connectivity index is 2.37. The van der Waals surface area contributed by atoms with Gasteiger partial charge in [0.2, 0.25) is 0 Å². The summed E-state index contributed by atoms with van der Waals surface area (Å²) in [7, 11) is 0. The molecule has 0 bridgehead atoms. The zero-order chi connectivity index (χ0) is 11.5. The third-order valence-electron chi connectivity index (χ3n) is 2.82. The number of benzene rings is 1. The lowest BCUT2D eigenvalue weighted by Crippen LogP contribution is -2.37. The Bertz CT molecular complexity index is 378. The van der Waals surface area contributed by atoms with Gasteiger partial charge in [0.1, 0.15) is 5.82 Å². The number of anilines is 1. The van der Waals surface area contributed by atoms with E-state index < -0.39 is 0 Å². The van der Waals surface area contributed by atoms with Gasteiger partial charge in [0, 0.05) is 17.6 Å². The maximum absolute atomic E-state index is 14.0. The third-order valence-corrected chi connectivity index (χ3v) is 3.27. The van der Waals surface area contributed by atoms with Crippen molar-refractivity contribution in [1.29, 1.82) is 0 Å². The smallest absolute Gasteiger partial charge is 0.147 e. The molecule has 1 aromatic rings. The van der Waals surface area contributed by atoms with Gasteiger partial charge in [0.25, 0.3) is 0 Å². The predicted octanol–water partition coefficient (Wildman–Crippen LogP) is 2.99. The summed E-state index contributed by atoms with van der Waals surface area (Å²) in [5, 5.41) is 0. The highest BCUT2D eigenvalue weighted by Crippen LogP contribution is 2.29. The zero-order valence-corrected chi connectivity index (χ0v) is 10.9. The summed E-state index contributed by atoms with van der Waals surface area (Å²) in [5.41, 5.74) is 1.79. The highest BCUT2D eigenvalue weighted by molar-refractivity contribution is 9.10. The SMILES string of the molecule is CCc1cc(Br)cc(F)c1N1CCOCC1. The average molecular weight is 288 g/mol. The van der Waals surface area contributed by atoms with Gasteiger partial charge in [0.05, 0.1) is 18.9 Å². The van der Waals surface area contributed by atoms with Crippen LogP contribution in [0.25, 0.3) is 0 Å². The normalized spacial score (nSPS) is 16.6. The van der Waals surface area contributed by atoms with E-state index in [1.807, 2.05) is 13.0 Å². The Morgan fingerprint density at radius 1 is 1.38 bits per heavy atom. The van der Waals surface area contributed by atoms with Gasteiger partial charge in [-0.05, 0) is 24.1 Å². The fourth-order valence-electron chi connectivity index (χ4n) is 2.03. The first kappa shape index (κ1) is 11.9. The minimum absolute atomic E-state index is 0.145. The molecule has 0 N–H and O–H groups in total. The fourth-order valence-corrected chi connectivity index (χ4v) is 2.51. The second kappa shape index (κ2) is 5.15. The van der Waals surface area contributed by atoms with E-state index in [1.165, 1.54) is 6.07 Å². The molecule has 0 aliphatic carbocycles. The summed E-state index contributed by atoms with van der Waals surface area (Å²) in [6.45, 7) is 4.94. The maximum atomic E-state index is 14.0. The lowest BCUT2D eigenvalue weighted by atomic mass is 10.1. The zero-order valence-electron chi connectivity index (χ0n) is 9.30. The van der Waals surface area contributed by atoms with E-state index in [9.17, 15) is 4.39 Å². The molecule has 0 aromatic heterocycles. The molecule has 0 unspecified atom stereocenters. The summed E-state index contributed by atoms with van der Waals surface area (Å²) >= 11 is 3.33. The molecule has 1 heterocycles. The van der Waals surface area contributed by atoms with Crippen molar-refractivity contribution in [2.24, 2.45) is 0 Å². The Morgan fingerprint density at radius 2 is 2.06 bits per heavy atom. The highest BCUT2D eigenvalue weighted by Gasteiger charge is 2.18. The van der Waals surface area contributed by atoms with Crippen LogP contribution in [0.3, 0.4) is 0 Å². The molecule has 0 radical (unpaired) electrons. The molecule has 0 spiro atoms. The number of aryl methyl sites for hydroxylation is 1. The second-order valence-electron chi connectivity index (χ2n) is 3.85. The van der Waals surface area contributed by atoms with Crippen molar-refractivity contribution in [3.8, 4) is 0 Å². The van der Waals surface area contributed by atoms with E-state index in [-0.39, 0.29) is 5.82 Å². The summed E-state index contributed by atoms with van der Waals surface area (Å²) in [6, 6.07) is 3.53.